The molecule has 0 bridgehead atoms. The molecule has 0 aromatic rings. The van der Waals surface area contributed by atoms with Crippen LogP contribution in [0.1, 0.15) is 73.1 Å². The number of hydrogen-bond acceptors (Lipinski definition) is 4. The third kappa shape index (κ3) is 3.81. The number of esters is 1. The van der Waals surface area contributed by atoms with Gasteiger partial charge in [0.05, 0.1) is 5.60 Å². The normalized spacial score (nSPS) is 37.4. The summed E-state index contributed by atoms with van der Waals surface area (Å²) in [4.78, 5) is 11.6. The minimum absolute atomic E-state index is 0.0101. The van der Waals surface area contributed by atoms with E-state index < -0.39 is 22.7 Å². The molecule has 2 aliphatic rings. The molecule has 0 radical (unpaired) electrons. The average Bonchev–Trinajstić information content (AvgIpc) is 2.67. The molecule has 2 atom stereocenters. The molecule has 1 N–H and O–H groups in total. The van der Waals surface area contributed by atoms with E-state index in [9.17, 15) is 18.7 Å². The first-order valence-corrected chi connectivity index (χ1v) is 9.39. The highest BCUT2D eigenvalue weighted by atomic mass is 19.3. The zero-order valence-corrected chi connectivity index (χ0v) is 16.5. The number of alkyl halides is 2. The molecule has 0 heterocycles. The number of hydrogen-bond donors (Lipinski definition) is 1. The number of aliphatic hydroxyl groups is 1. The predicted octanol–water partition coefficient (Wildman–Crippen LogP) is 4.40. The van der Waals surface area contributed by atoms with E-state index >= 15 is 0 Å². The summed E-state index contributed by atoms with van der Waals surface area (Å²) in [6.07, 6.45) is 2.80. The van der Waals surface area contributed by atoms with Crippen molar-refractivity contribution in [3.05, 3.63) is 12.2 Å². The van der Waals surface area contributed by atoms with Crippen molar-refractivity contribution in [3.8, 4) is 0 Å². The predicted molar refractivity (Wildman–Crippen MR) is 95.0 cm³/mol. The fourth-order valence-electron chi connectivity index (χ4n) is 4.27. The average molecular weight is 374 g/mol. The highest BCUT2D eigenvalue weighted by Crippen LogP contribution is 2.54. The Labute approximate surface area is 154 Å². The summed E-state index contributed by atoms with van der Waals surface area (Å²) in [7, 11) is 0. The van der Waals surface area contributed by atoms with Gasteiger partial charge in [0, 0.05) is 5.57 Å². The molecule has 0 aliphatic heterocycles. The maximum absolute atomic E-state index is 14.7. The van der Waals surface area contributed by atoms with E-state index in [1.807, 2.05) is 13.8 Å². The highest BCUT2D eigenvalue weighted by Gasteiger charge is 2.68. The van der Waals surface area contributed by atoms with Crippen LogP contribution in [0.15, 0.2) is 12.2 Å². The Hall–Kier alpha value is -1.01. The lowest BCUT2D eigenvalue weighted by Gasteiger charge is -2.46. The van der Waals surface area contributed by atoms with Crippen molar-refractivity contribution >= 4 is 5.97 Å². The first-order chi connectivity index (χ1) is 11.7. The zero-order chi connectivity index (χ0) is 20.0. The number of ether oxygens (including phenoxy) is 2. The largest absolute Gasteiger partial charge is 0.459 e. The van der Waals surface area contributed by atoms with E-state index in [1.54, 1.807) is 6.92 Å². The third-order valence-electron chi connectivity index (χ3n) is 6.20. The first kappa shape index (κ1) is 21.3. The van der Waals surface area contributed by atoms with Crippen LogP contribution in [0.3, 0.4) is 0 Å². The van der Waals surface area contributed by atoms with Crippen LogP contribution in [0.2, 0.25) is 0 Å². The maximum atomic E-state index is 14.7. The number of halogens is 2. The van der Waals surface area contributed by atoms with E-state index in [4.69, 9.17) is 9.47 Å². The Morgan fingerprint density at radius 2 is 1.69 bits per heavy atom. The Bertz CT molecular complexity index is 562. The summed E-state index contributed by atoms with van der Waals surface area (Å²) < 4.78 is 40.8. The van der Waals surface area contributed by atoms with Crippen molar-refractivity contribution in [2.45, 2.75) is 102 Å². The molecule has 0 spiro atoms. The Morgan fingerprint density at radius 3 is 2.12 bits per heavy atom. The number of carbonyl (C=O) groups excluding carboxylic acids is 1. The van der Waals surface area contributed by atoms with Gasteiger partial charge in [-0.3, -0.25) is 0 Å². The lowest BCUT2D eigenvalue weighted by molar-refractivity contribution is -0.279. The molecular weight excluding hydrogens is 342 g/mol. The monoisotopic (exact) mass is 374 g/mol. The van der Waals surface area contributed by atoms with Gasteiger partial charge in [0.25, 0.3) is 0 Å². The standard InChI is InChI=1S/C20H32F2O4/c1-13(2)16(23)25-15-9-7-14(8-10-15)17(3,4)26-19(6)12-11-18(5,24)20(19,21)22/h14-15,24H,1,7-12H2,2-6H3. The van der Waals surface area contributed by atoms with Gasteiger partial charge in [-0.05, 0) is 79.1 Å². The molecule has 150 valence electrons. The fourth-order valence-corrected chi connectivity index (χ4v) is 4.27. The van der Waals surface area contributed by atoms with Gasteiger partial charge in [-0.1, -0.05) is 6.58 Å². The van der Waals surface area contributed by atoms with Gasteiger partial charge in [0.15, 0.2) is 0 Å². The van der Waals surface area contributed by atoms with Gasteiger partial charge in [-0.25, -0.2) is 13.6 Å². The van der Waals surface area contributed by atoms with Crippen molar-refractivity contribution in [1.82, 2.24) is 0 Å². The highest BCUT2D eigenvalue weighted by molar-refractivity contribution is 5.87. The molecule has 2 unspecified atom stereocenters. The van der Waals surface area contributed by atoms with Crippen LogP contribution in [0.5, 0.6) is 0 Å². The molecule has 0 saturated heterocycles. The van der Waals surface area contributed by atoms with Crippen molar-refractivity contribution in [3.63, 3.8) is 0 Å². The smallest absolute Gasteiger partial charge is 0.333 e. The summed E-state index contributed by atoms with van der Waals surface area (Å²) in [6.45, 7) is 11.4. The molecule has 0 aromatic heterocycles. The van der Waals surface area contributed by atoms with Gasteiger partial charge >= 0.3 is 11.9 Å². The fraction of sp³-hybridized carbons (Fsp3) is 0.850. The van der Waals surface area contributed by atoms with Gasteiger partial charge in [-0.15, -0.1) is 0 Å². The summed E-state index contributed by atoms with van der Waals surface area (Å²) >= 11 is 0. The Balaban J connectivity index is 1.99. The summed E-state index contributed by atoms with van der Waals surface area (Å²) in [5.41, 5.74) is -4.13. The second kappa shape index (κ2) is 6.86. The van der Waals surface area contributed by atoms with Gasteiger partial charge < -0.3 is 14.6 Å². The summed E-state index contributed by atoms with van der Waals surface area (Å²) in [5, 5.41) is 10.0. The molecule has 2 saturated carbocycles. The number of carbonyl (C=O) groups is 1. The number of rotatable bonds is 5. The quantitative estimate of drug-likeness (QED) is 0.572. The molecule has 2 fully saturated rings. The van der Waals surface area contributed by atoms with Crippen molar-refractivity contribution in [2.24, 2.45) is 5.92 Å². The van der Waals surface area contributed by atoms with E-state index in [0.29, 0.717) is 18.4 Å². The second-order valence-corrected chi connectivity index (χ2v) is 8.94. The van der Waals surface area contributed by atoms with Crippen molar-refractivity contribution in [1.29, 1.82) is 0 Å². The molecule has 26 heavy (non-hydrogen) atoms. The second-order valence-electron chi connectivity index (χ2n) is 8.94. The lowest BCUT2D eigenvalue weighted by Crippen LogP contribution is -2.57. The minimum atomic E-state index is -3.31. The van der Waals surface area contributed by atoms with E-state index in [2.05, 4.69) is 6.58 Å². The third-order valence-corrected chi connectivity index (χ3v) is 6.20. The van der Waals surface area contributed by atoms with E-state index in [1.165, 1.54) is 13.8 Å². The van der Waals surface area contributed by atoms with Crippen LogP contribution in [0, 0.1) is 5.92 Å². The van der Waals surface area contributed by atoms with Crippen LogP contribution < -0.4 is 0 Å². The van der Waals surface area contributed by atoms with Crippen molar-refractivity contribution < 1.29 is 28.2 Å². The molecule has 2 aliphatic carbocycles. The minimum Gasteiger partial charge on any atom is -0.459 e. The lowest BCUT2D eigenvalue weighted by atomic mass is 9.77. The molecular formula is C20H32F2O4. The van der Waals surface area contributed by atoms with Crippen LogP contribution in [-0.2, 0) is 14.3 Å². The van der Waals surface area contributed by atoms with Crippen LogP contribution in [0.25, 0.3) is 0 Å². The Morgan fingerprint density at radius 1 is 1.15 bits per heavy atom. The first-order valence-electron chi connectivity index (χ1n) is 9.39. The van der Waals surface area contributed by atoms with Crippen LogP contribution in [-0.4, -0.2) is 39.9 Å². The molecule has 0 amide bonds. The van der Waals surface area contributed by atoms with E-state index in [-0.39, 0.29) is 30.8 Å². The van der Waals surface area contributed by atoms with Gasteiger partial charge in [0.1, 0.15) is 17.3 Å². The molecule has 4 nitrogen and oxygen atoms in total. The maximum Gasteiger partial charge on any atom is 0.333 e. The Kier molecular flexibility index (Phi) is 5.62. The van der Waals surface area contributed by atoms with E-state index in [0.717, 1.165) is 12.8 Å². The summed E-state index contributed by atoms with van der Waals surface area (Å²) in [5.74, 6) is -3.62. The van der Waals surface area contributed by atoms with Gasteiger partial charge in [0.2, 0.25) is 0 Å². The van der Waals surface area contributed by atoms with Crippen LogP contribution in [0.4, 0.5) is 8.78 Å². The molecule has 0 aromatic carbocycles. The zero-order valence-electron chi connectivity index (χ0n) is 16.5. The van der Waals surface area contributed by atoms with Crippen molar-refractivity contribution in [2.75, 3.05) is 0 Å². The van der Waals surface area contributed by atoms with Gasteiger partial charge in [-0.2, -0.15) is 0 Å². The SMILES string of the molecule is C=C(C)C(=O)OC1CCC(C(C)(C)OC2(C)CCC(C)(O)C2(F)F)CC1. The molecule has 2 rings (SSSR count). The molecule has 6 heteroatoms. The van der Waals surface area contributed by atoms with Crippen LogP contribution >= 0.6 is 0 Å². The topological polar surface area (TPSA) is 55.8 Å². The summed E-state index contributed by atoms with van der Waals surface area (Å²) in [6, 6.07) is 0.